The number of carbonyl (C=O) groups excluding carboxylic acids is 2. The Balaban J connectivity index is 3.76. The van der Waals surface area contributed by atoms with Gasteiger partial charge in [0.1, 0.15) is 0 Å². The van der Waals surface area contributed by atoms with Crippen molar-refractivity contribution in [2.24, 2.45) is 11.5 Å². The van der Waals surface area contributed by atoms with Crippen LogP contribution >= 0.6 is 0 Å². The minimum absolute atomic E-state index is 0.311. The van der Waals surface area contributed by atoms with Crippen molar-refractivity contribution in [1.82, 2.24) is 0 Å². The highest BCUT2D eigenvalue weighted by Gasteiger charge is 2.12. The molecule has 0 unspecified atom stereocenters. The van der Waals surface area contributed by atoms with Crippen molar-refractivity contribution in [2.75, 3.05) is 0 Å². The zero-order chi connectivity index (χ0) is 8.85. The Morgan fingerprint density at radius 1 is 1.27 bits per heavy atom. The first-order valence-corrected chi connectivity index (χ1v) is 2.98. The molecule has 0 aromatic heterocycles. The second kappa shape index (κ2) is 4.37. The number of carbonyl (C=O) groups is 2. The van der Waals surface area contributed by atoms with Crippen LogP contribution in [0.2, 0.25) is 0 Å². The summed E-state index contributed by atoms with van der Waals surface area (Å²) in [5.74, 6) is 0. The molecule has 2 amide bonds. The zero-order valence-corrected chi connectivity index (χ0v) is 6.07. The Kier molecular flexibility index (Phi) is 3.79. The topological polar surface area (TPSA) is 105 Å². The van der Waals surface area contributed by atoms with Gasteiger partial charge in [-0.3, -0.25) is 0 Å². The molecular weight excluding hydrogens is 152 g/mol. The fourth-order valence-electron chi connectivity index (χ4n) is 0.450. The van der Waals surface area contributed by atoms with Crippen molar-refractivity contribution in [3.63, 3.8) is 0 Å². The Bertz CT molecular complexity index is 143. The molecule has 0 aliphatic carbocycles. The molecule has 6 nitrogen and oxygen atoms in total. The van der Waals surface area contributed by atoms with Crippen LogP contribution in [0.25, 0.3) is 0 Å². The molecule has 0 spiro atoms. The molecule has 0 radical (unpaired) electrons. The van der Waals surface area contributed by atoms with Gasteiger partial charge in [0.25, 0.3) is 6.29 Å². The lowest BCUT2D eigenvalue weighted by molar-refractivity contribution is -0.0565. The van der Waals surface area contributed by atoms with Crippen LogP contribution in [0.3, 0.4) is 0 Å². The van der Waals surface area contributed by atoms with Gasteiger partial charge in [0.2, 0.25) is 0 Å². The summed E-state index contributed by atoms with van der Waals surface area (Å²) in [6.45, 7) is 1.65. The van der Waals surface area contributed by atoms with Crippen LogP contribution in [0.5, 0.6) is 0 Å². The lowest BCUT2D eigenvalue weighted by atomic mass is 10.5. The predicted molar refractivity (Wildman–Crippen MR) is 35.4 cm³/mol. The Morgan fingerprint density at radius 2 is 1.64 bits per heavy atom. The number of amides is 2. The molecule has 0 fully saturated rings. The van der Waals surface area contributed by atoms with Crippen molar-refractivity contribution in [2.45, 2.75) is 19.6 Å². The SMILES string of the molecule is CCC(OC(N)=O)OC(N)=O. The summed E-state index contributed by atoms with van der Waals surface area (Å²) >= 11 is 0. The number of ether oxygens (including phenoxy) is 2. The molecule has 6 heteroatoms. The van der Waals surface area contributed by atoms with Gasteiger partial charge >= 0.3 is 12.2 Å². The smallest absolute Gasteiger partial charge is 0.407 e. The minimum atomic E-state index is -1.00. The third-order valence-electron chi connectivity index (χ3n) is 0.829. The average Bonchev–Trinajstić information content (AvgIpc) is 1.84. The van der Waals surface area contributed by atoms with Crippen LogP contribution in [0.1, 0.15) is 13.3 Å². The first kappa shape index (κ1) is 9.54. The van der Waals surface area contributed by atoms with Crippen molar-refractivity contribution >= 4 is 12.2 Å². The molecule has 0 aliphatic rings. The number of rotatable bonds is 3. The molecule has 0 saturated carbocycles. The molecule has 0 atom stereocenters. The van der Waals surface area contributed by atoms with E-state index in [0.29, 0.717) is 6.42 Å². The maximum atomic E-state index is 10.1. The summed E-state index contributed by atoms with van der Waals surface area (Å²) in [6.07, 6.45) is -2.67. The molecular formula is C5H10N2O4. The van der Waals surface area contributed by atoms with Crippen molar-refractivity contribution in [1.29, 1.82) is 0 Å². The van der Waals surface area contributed by atoms with E-state index in [9.17, 15) is 9.59 Å². The lowest BCUT2D eigenvalue weighted by Crippen LogP contribution is -2.29. The Hall–Kier alpha value is -1.46. The van der Waals surface area contributed by atoms with E-state index in [2.05, 4.69) is 20.9 Å². The summed E-state index contributed by atoms with van der Waals surface area (Å²) in [5.41, 5.74) is 9.30. The highest BCUT2D eigenvalue weighted by Crippen LogP contribution is 1.98. The second-order valence-electron chi connectivity index (χ2n) is 1.71. The van der Waals surface area contributed by atoms with E-state index in [0.717, 1.165) is 0 Å². The summed E-state index contributed by atoms with van der Waals surface area (Å²) < 4.78 is 8.65. The van der Waals surface area contributed by atoms with Crippen LogP contribution < -0.4 is 11.5 Å². The number of hydrogen-bond acceptors (Lipinski definition) is 4. The van der Waals surface area contributed by atoms with E-state index in [1.54, 1.807) is 6.92 Å². The van der Waals surface area contributed by atoms with Gasteiger partial charge in [-0.2, -0.15) is 0 Å². The third-order valence-corrected chi connectivity index (χ3v) is 0.829. The maximum absolute atomic E-state index is 10.1. The molecule has 0 aliphatic heterocycles. The largest absolute Gasteiger partial charge is 0.409 e. The molecule has 0 heterocycles. The van der Waals surface area contributed by atoms with Gasteiger partial charge in [-0.1, -0.05) is 6.92 Å². The number of primary amides is 2. The Morgan fingerprint density at radius 3 is 1.82 bits per heavy atom. The minimum Gasteiger partial charge on any atom is -0.409 e. The standard InChI is InChI=1S/C5H10N2O4/c1-2-3(10-4(6)8)11-5(7)9/h3H,2H2,1H3,(H2,6,8)(H2,7,9). The highest BCUT2D eigenvalue weighted by molar-refractivity contribution is 5.66. The van der Waals surface area contributed by atoms with E-state index >= 15 is 0 Å². The molecule has 0 saturated heterocycles. The third kappa shape index (κ3) is 5.01. The average molecular weight is 162 g/mol. The second-order valence-corrected chi connectivity index (χ2v) is 1.71. The van der Waals surface area contributed by atoms with Gasteiger partial charge in [0.15, 0.2) is 0 Å². The fraction of sp³-hybridized carbons (Fsp3) is 0.600. The highest BCUT2D eigenvalue weighted by atomic mass is 16.7. The summed E-state index contributed by atoms with van der Waals surface area (Å²) in [6, 6.07) is 0. The van der Waals surface area contributed by atoms with Crippen LogP contribution in [0.15, 0.2) is 0 Å². The van der Waals surface area contributed by atoms with E-state index in [1.807, 2.05) is 0 Å². The summed E-state index contributed by atoms with van der Waals surface area (Å²) in [5, 5.41) is 0. The van der Waals surface area contributed by atoms with Crippen LogP contribution in [0, 0.1) is 0 Å². The predicted octanol–water partition coefficient (Wildman–Crippen LogP) is -0.0869. The van der Waals surface area contributed by atoms with Gasteiger partial charge in [-0.05, 0) is 0 Å². The zero-order valence-electron chi connectivity index (χ0n) is 6.07. The van der Waals surface area contributed by atoms with Gasteiger partial charge < -0.3 is 20.9 Å². The molecule has 64 valence electrons. The van der Waals surface area contributed by atoms with E-state index in [1.165, 1.54) is 0 Å². The maximum Gasteiger partial charge on any atom is 0.407 e. The van der Waals surface area contributed by atoms with Gasteiger partial charge in [0, 0.05) is 6.42 Å². The summed E-state index contributed by atoms with van der Waals surface area (Å²) in [7, 11) is 0. The first-order valence-electron chi connectivity index (χ1n) is 2.98. The van der Waals surface area contributed by atoms with Crippen LogP contribution in [-0.2, 0) is 9.47 Å². The van der Waals surface area contributed by atoms with Crippen molar-refractivity contribution in [3.8, 4) is 0 Å². The fourth-order valence-corrected chi connectivity index (χ4v) is 0.450. The van der Waals surface area contributed by atoms with Crippen LogP contribution in [0.4, 0.5) is 9.59 Å². The lowest BCUT2D eigenvalue weighted by Gasteiger charge is -2.12. The molecule has 0 aromatic rings. The van der Waals surface area contributed by atoms with Crippen molar-refractivity contribution < 1.29 is 19.1 Å². The van der Waals surface area contributed by atoms with Crippen molar-refractivity contribution in [3.05, 3.63) is 0 Å². The van der Waals surface area contributed by atoms with E-state index in [-0.39, 0.29) is 0 Å². The monoisotopic (exact) mass is 162 g/mol. The summed E-state index contributed by atoms with van der Waals surface area (Å²) in [4.78, 5) is 20.2. The number of nitrogens with two attached hydrogens (primary N) is 2. The first-order chi connectivity index (χ1) is 5.06. The van der Waals surface area contributed by atoms with Crippen LogP contribution in [-0.4, -0.2) is 18.5 Å². The quantitative estimate of drug-likeness (QED) is 0.566. The van der Waals surface area contributed by atoms with Gasteiger partial charge in [-0.15, -0.1) is 0 Å². The van der Waals surface area contributed by atoms with E-state index in [4.69, 9.17) is 0 Å². The molecule has 11 heavy (non-hydrogen) atoms. The molecule has 0 bridgehead atoms. The Labute approximate surface area is 63.4 Å². The van der Waals surface area contributed by atoms with E-state index < -0.39 is 18.5 Å². The number of hydrogen-bond donors (Lipinski definition) is 2. The normalized spacial score (nSPS) is 9.27. The molecule has 0 aromatic carbocycles. The molecule has 0 rings (SSSR count). The van der Waals surface area contributed by atoms with Gasteiger partial charge in [-0.25, -0.2) is 9.59 Å². The van der Waals surface area contributed by atoms with Gasteiger partial charge in [0.05, 0.1) is 0 Å². The molecule has 4 N–H and O–H groups in total.